The summed E-state index contributed by atoms with van der Waals surface area (Å²) < 4.78 is 5.45. The largest absolute Gasteiger partial charge is 0.457 e. The summed E-state index contributed by atoms with van der Waals surface area (Å²) in [5.41, 5.74) is 7.53. The lowest BCUT2D eigenvalue weighted by atomic mass is 10.0. The fraction of sp³-hybridized carbons (Fsp3) is 0.333. The second kappa shape index (κ2) is 9.19. The molecule has 0 saturated carbocycles. The van der Waals surface area contributed by atoms with Gasteiger partial charge in [-0.15, -0.1) is 0 Å². The molecule has 0 spiro atoms. The Labute approximate surface area is 160 Å². The van der Waals surface area contributed by atoms with E-state index in [1.807, 2.05) is 57.0 Å². The molecule has 2 aromatic carbocycles. The van der Waals surface area contributed by atoms with Gasteiger partial charge in [-0.3, -0.25) is 10.7 Å². The van der Waals surface area contributed by atoms with Gasteiger partial charge >= 0.3 is 5.97 Å². The fourth-order valence-corrected chi connectivity index (χ4v) is 2.51. The first-order valence-corrected chi connectivity index (χ1v) is 8.88. The second-order valence-corrected chi connectivity index (χ2v) is 6.61. The molecule has 0 unspecified atom stereocenters. The molecule has 0 aromatic heterocycles. The number of hydrogen-bond acceptors (Lipinski definition) is 5. The van der Waals surface area contributed by atoms with Crippen molar-refractivity contribution >= 4 is 23.7 Å². The molecule has 0 aliphatic rings. The average Bonchev–Trinajstić information content (AvgIpc) is 2.66. The Morgan fingerprint density at radius 2 is 1.93 bits per heavy atom. The molecule has 2 N–H and O–H groups in total. The van der Waals surface area contributed by atoms with Gasteiger partial charge in [0.15, 0.2) is 0 Å². The molecule has 6 nitrogen and oxygen atoms in total. The fourth-order valence-electron chi connectivity index (χ4n) is 2.51. The smallest absolute Gasteiger partial charge is 0.338 e. The lowest BCUT2D eigenvalue weighted by Gasteiger charge is -2.12. The molecule has 0 bridgehead atoms. The summed E-state index contributed by atoms with van der Waals surface area (Å²) in [4.78, 5) is 19.0. The van der Waals surface area contributed by atoms with Crippen molar-refractivity contribution in [1.29, 1.82) is 0 Å². The van der Waals surface area contributed by atoms with E-state index in [0.29, 0.717) is 11.3 Å². The molecule has 0 aliphatic heterocycles. The van der Waals surface area contributed by atoms with Gasteiger partial charge in [0.2, 0.25) is 0 Å². The van der Waals surface area contributed by atoms with Crippen molar-refractivity contribution in [3.8, 4) is 0 Å². The van der Waals surface area contributed by atoms with Crippen molar-refractivity contribution in [2.75, 3.05) is 19.1 Å². The van der Waals surface area contributed by atoms with E-state index in [9.17, 15) is 4.79 Å². The molecule has 0 amide bonds. The standard InChI is InChI=1S/C21H27N3O3/c1-6-24(5)13-22-19-10-15(3)18(9-16(19)4)21(25)27-12-17-8-7-14(2)20(11-17)23-26/h7-11,13,23,26H,6,12H2,1-5H3. The number of rotatable bonds is 7. The lowest BCUT2D eigenvalue weighted by Crippen LogP contribution is -2.14. The lowest BCUT2D eigenvalue weighted by molar-refractivity contribution is 0.0472. The second-order valence-electron chi connectivity index (χ2n) is 6.61. The zero-order valence-corrected chi connectivity index (χ0v) is 16.5. The maximum absolute atomic E-state index is 12.5. The number of esters is 1. The van der Waals surface area contributed by atoms with Gasteiger partial charge in [0, 0.05) is 13.6 Å². The van der Waals surface area contributed by atoms with E-state index in [0.717, 1.165) is 34.5 Å². The molecule has 2 aromatic rings. The molecule has 0 atom stereocenters. The van der Waals surface area contributed by atoms with E-state index in [1.54, 1.807) is 12.4 Å². The number of ether oxygens (including phenoxy) is 1. The third kappa shape index (κ3) is 5.31. The van der Waals surface area contributed by atoms with Crippen LogP contribution in [0.5, 0.6) is 0 Å². The highest BCUT2D eigenvalue weighted by Gasteiger charge is 2.13. The Bertz CT molecular complexity index is 847. The van der Waals surface area contributed by atoms with E-state index >= 15 is 0 Å². The zero-order valence-electron chi connectivity index (χ0n) is 16.5. The van der Waals surface area contributed by atoms with Crippen molar-refractivity contribution in [1.82, 2.24) is 4.90 Å². The van der Waals surface area contributed by atoms with Crippen LogP contribution in [0, 0.1) is 20.8 Å². The number of nitrogens with zero attached hydrogens (tertiary/aromatic N) is 2. The highest BCUT2D eigenvalue weighted by atomic mass is 16.5. The monoisotopic (exact) mass is 369 g/mol. The highest BCUT2D eigenvalue weighted by molar-refractivity contribution is 5.92. The molecule has 0 saturated heterocycles. The SMILES string of the molecule is CCN(C)C=Nc1cc(C)c(C(=O)OCc2ccc(C)c(NO)c2)cc1C. The summed E-state index contributed by atoms with van der Waals surface area (Å²) in [5, 5.41) is 9.11. The van der Waals surface area contributed by atoms with Gasteiger partial charge in [-0.1, -0.05) is 12.1 Å². The van der Waals surface area contributed by atoms with E-state index in [1.165, 1.54) is 0 Å². The minimum Gasteiger partial charge on any atom is -0.457 e. The topological polar surface area (TPSA) is 74.2 Å². The van der Waals surface area contributed by atoms with Crippen LogP contribution in [0.15, 0.2) is 35.3 Å². The van der Waals surface area contributed by atoms with Crippen LogP contribution in [-0.2, 0) is 11.3 Å². The summed E-state index contributed by atoms with van der Waals surface area (Å²) in [6, 6.07) is 9.18. The predicted octanol–water partition coefficient (Wildman–Crippen LogP) is 4.38. The van der Waals surface area contributed by atoms with Gasteiger partial charge < -0.3 is 9.64 Å². The first-order valence-electron chi connectivity index (χ1n) is 8.88. The van der Waals surface area contributed by atoms with Gasteiger partial charge in [-0.2, -0.15) is 0 Å². The summed E-state index contributed by atoms with van der Waals surface area (Å²) >= 11 is 0. The number of anilines is 1. The highest BCUT2D eigenvalue weighted by Crippen LogP contribution is 2.24. The van der Waals surface area contributed by atoms with Crippen LogP contribution < -0.4 is 5.48 Å². The zero-order chi connectivity index (χ0) is 20.0. The Hall–Kier alpha value is -2.86. The van der Waals surface area contributed by atoms with Crippen LogP contribution >= 0.6 is 0 Å². The van der Waals surface area contributed by atoms with E-state index in [4.69, 9.17) is 9.94 Å². The number of nitrogens with one attached hydrogen (secondary N) is 1. The average molecular weight is 369 g/mol. The minimum absolute atomic E-state index is 0.132. The minimum atomic E-state index is -0.379. The number of aryl methyl sites for hydroxylation is 3. The van der Waals surface area contributed by atoms with Crippen LogP contribution in [0.4, 0.5) is 11.4 Å². The third-order valence-corrected chi connectivity index (χ3v) is 4.45. The van der Waals surface area contributed by atoms with Crippen molar-refractivity contribution in [3.63, 3.8) is 0 Å². The molecule has 0 fully saturated rings. The quantitative estimate of drug-likeness (QED) is 0.328. The van der Waals surface area contributed by atoms with Crippen molar-refractivity contribution in [2.45, 2.75) is 34.3 Å². The van der Waals surface area contributed by atoms with Gasteiger partial charge in [0.1, 0.15) is 6.61 Å². The molecule has 144 valence electrons. The van der Waals surface area contributed by atoms with Crippen LogP contribution in [0.3, 0.4) is 0 Å². The Kier molecular flexibility index (Phi) is 6.96. The predicted molar refractivity (Wildman–Crippen MR) is 108 cm³/mol. The normalized spacial score (nSPS) is 10.9. The van der Waals surface area contributed by atoms with Crippen molar-refractivity contribution in [3.05, 3.63) is 58.1 Å². The maximum Gasteiger partial charge on any atom is 0.338 e. The Morgan fingerprint density at radius 3 is 2.59 bits per heavy atom. The summed E-state index contributed by atoms with van der Waals surface area (Å²) in [6.07, 6.45) is 1.78. The number of hydrogen-bond donors (Lipinski definition) is 2. The van der Waals surface area contributed by atoms with Crippen LogP contribution in [0.1, 0.15) is 39.5 Å². The van der Waals surface area contributed by atoms with Crippen LogP contribution in [0.2, 0.25) is 0 Å². The molecule has 0 radical (unpaired) electrons. The van der Waals surface area contributed by atoms with Crippen molar-refractivity contribution < 1.29 is 14.7 Å². The third-order valence-electron chi connectivity index (χ3n) is 4.45. The summed E-state index contributed by atoms with van der Waals surface area (Å²) in [6.45, 7) is 8.73. The van der Waals surface area contributed by atoms with Crippen molar-refractivity contribution in [2.24, 2.45) is 4.99 Å². The number of carbonyl (C=O) groups excluding carboxylic acids is 1. The molecule has 6 heteroatoms. The maximum atomic E-state index is 12.5. The van der Waals surface area contributed by atoms with E-state index < -0.39 is 0 Å². The Morgan fingerprint density at radius 1 is 1.19 bits per heavy atom. The molecule has 0 heterocycles. The van der Waals surface area contributed by atoms with Crippen LogP contribution in [-0.4, -0.2) is 36.0 Å². The number of aliphatic imine (C=N–C) groups is 1. The van der Waals surface area contributed by atoms with Gasteiger partial charge in [-0.25, -0.2) is 9.79 Å². The van der Waals surface area contributed by atoms with Gasteiger partial charge in [0.25, 0.3) is 0 Å². The van der Waals surface area contributed by atoms with Gasteiger partial charge in [-0.05, 0) is 68.1 Å². The molecular formula is C21H27N3O3. The summed E-state index contributed by atoms with van der Waals surface area (Å²) in [7, 11) is 1.96. The first kappa shape index (κ1) is 20.5. The summed E-state index contributed by atoms with van der Waals surface area (Å²) in [5.74, 6) is -0.379. The molecule has 0 aliphatic carbocycles. The van der Waals surface area contributed by atoms with E-state index in [-0.39, 0.29) is 12.6 Å². The number of benzene rings is 2. The van der Waals surface area contributed by atoms with E-state index in [2.05, 4.69) is 17.4 Å². The van der Waals surface area contributed by atoms with Crippen LogP contribution in [0.25, 0.3) is 0 Å². The number of carbonyl (C=O) groups is 1. The first-order chi connectivity index (χ1) is 12.8. The Balaban J connectivity index is 2.12. The molecule has 2 rings (SSSR count). The molecule has 27 heavy (non-hydrogen) atoms. The van der Waals surface area contributed by atoms with Gasteiger partial charge in [0.05, 0.1) is 23.3 Å². The molecular weight excluding hydrogens is 342 g/mol.